The minimum absolute atomic E-state index is 0.657. The number of aromatic nitrogens is 2. The van der Waals surface area contributed by atoms with Gasteiger partial charge in [-0.15, -0.1) is 0 Å². The molecule has 19 heavy (non-hydrogen) atoms. The second-order valence-corrected chi connectivity index (χ2v) is 4.38. The first-order chi connectivity index (χ1) is 9.19. The molecule has 100 valence electrons. The zero-order valence-electron chi connectivity index (χ0n) is 11.6. The van der Waals surface area contributed by atoms with Gasteiger partial charge in [0.05, 0.1) is 24.5 Å². The highest BCUT2D eigenvalue weighted by Gasteiger charge is 2.04. The summed E-state index contributed by atoms with van der Waals surface area (Å²) in [5.74, 6) is 1.67. The molecule has 1 heterocycles. The van der Waals surface area contributed by atoms with Crippen LogP contribution in [0.15, 0.2) is 30.5 Å². The highest BCUT2D eigenvalue weighted by atomic mass is 16.5. The highest BCUT2D eigenvalue weighted by Crippen LogP contribution is 2.26. The van der Waals surface area contributed by atoms with Crippen molar-refractivity contribution < 1.29 is 4.74 Å². The summed E-state index contributed by atoms with van der Waals surface area (Å²) in [6.45, 7) is 7.25. The van der Waals surface area contributed by atoms with Crippen molar-refractivity contribution in [1.82, 2.24) is 9.97 Å². The van der Waals surface area contributed by atoms with Crippen LogP contribution in [-0.2, 0) is 6.54 Å². The fourth-order valence-corrected chi connectivity index (χ4v) is 1.84. The maximum absolute atomic E-state index is 5.63. The van der Waals surface area contributed by atoms with E-state index < -0.39 is 0 Å². The first-order valence-electron chi connectivity index (χ1n) is 6.45. The van der Waals surface area contributed by atoms with Crippen LogP contribution in [0.3, 0.4) is 0 Å². The number of hydrogen-bond donors (Lipinski definition) is 1. The lowest BCUT2D eigenvalue weighted by Gasteiger charge is -2.13. The van der Waals surface area contributed by atoms with Crippen LogP contribution in [0.1, 0.15) is 24.0 Å². The summed E-state index contributed by atoms with van der Waals surface area (Å²) in [6.07, 6.45) is 1.78. The van der Waals surface area contributed by atoms with Crippen molar-refractivity contribution in [2.75, 3.05) is 11.9 Å². The first-order valence-corrected chi connectivity index (χ1v) is 6.45. The van der Waals surface area contributed by atoms with Crippen LogP contribution >= 0.6 is 0 Å². The molecular weight excluding hydrogens is 238 g/mol. The zero-order chi connectivity index (χ0) is 13.7. The van der Waals surface area contributed by atoms with Crippen LogP contribution in [0, 0.1) is 13.8 Å². The van der Waals surface area contributed by atoms with Gasteiger partial charge in [0.1, 0.15) is 11.6 Å². The third kappa shape index (κ3) is 3.68. The average Bonchev–Trinajstić information content (AvgIpc) is 2.38. The van der Waals surface area contributed by atoms with Gasteiger partial charge >= 0.3 is 0 Å². The molecule has 0 aliphatic rings. The average molecular weight is 257 g/mol. The van der Waals surface area contributed by atoms with Gasteiger partial charge < -0.3 is 10.1 Å². The standard InChI is InChI=1S/C15H19N3O/c1-4-19-15-9-11(2)5-6-14(15)17-10-13-7-8-16-12(3)18-13/h5-9,17H,4,10H2,1-3H3. The van der Waals surface area contributed by atoms with E-state index >= 15 is 0 Å². The van der Waals surface area contributed by atoms with E-state index in [0.717, 1.165) is 23.0 Å². The van der Waals surface area contributed by atoms with Gasteiger partial charge in [0, 0.05) is 6.20 Å². The second kappa shape index (κ2) is 6.18. The maximum atomic E-state index is 5.63. The molecule has 0 aliphatic heterocycles. The summed E-state index contributed by atoms with van der Waals surface area (Å²) in [7, 11) is 0. The van der Waals surface area contributed by atoms with Gasteiger partial charge in [-0.1, -0.05) is 6.07 Å². The quantitative estimate of drug-likeness (QED) is 0.894. The van der Waals surface area contributed by atoms with Crippen LogP contribution in [-0.4, -0.2) is 16.6 Å². The molecule has 1 aromatic heterocycles. The van der Waals surface area contributed by atoms with E-state index in [1.165, 1.54) is 5.56 Å². The van der Waals surface area contributed by atoms with Gasteiger partial charge in [-0.3, -0.25) is 0 Å². The van der Waals surface area contributed by atoms with Crippen molar-refractivity contribution in [2.24, 2.45) is 0 Å². The summed E-state index contributed by atoms with van der Waals surface area (Å²) in [4.78, 5) is 8.46. The third-order valence-corrected chi connectivity index (χ3v) is 2.73. The number of nitrogens with zero attached hydrogens (tertiary/aromatic N) is 2. The molecule has 0 atom stereocenters. The van der Waals surface area contributed by atoms with Crippen molar-refractivity contribution in [1.29, 1.82) is 0 Å². The zero-order valence-corrected chi connectivity index (χ0v) is 11.6. The molecule has 0 amide bonds. The Morgan fingerprint density at radius 2 is 2.05 bits per heavy atom. The summed E-state index contributed by atoms with van der Waals surface area (Å²) in [6, 6.07) is 8.05. The van der Waals surface area contributed by atoms with E-state index in [9.17, 15) is 0 Å². The van der Waals surface area contributed by atoms with Crippen molar-refractivity contribution in [3.63, 3.8) is 0 Å². The highest BCUT2D eigenvalue weighted by molar-refractivity contribution is 5.57. The Balaban J connectivity index is 2.10. The molecule has 0 unspecified atom stereocenters. The molecule has 2 aromatic rings. The third-order valence-electron chi connectivity index (χ3n) is 2.73. The van der Waals surface area contributed by atoms with Gasteiger partial charge in [0.25, 0.3) is 0 Å². The van der Waals surface area contributed by atoms with Crippen LogP contribution in [0.25, 0.3) is 0 Å². The minimum atomic E-state index is 0.657. The number of benzene rings is 1. The van der Waals surface area contributed by atoms with Crippen molar-refractivity contribution in [3.8, 4) is 5.75 Å². The van der Waals surface area contributed by atoms with Crippen LogP contribution in [0.2, 0.25) is 0 Å². The first kappa shape index (κ1) is 13.3. The fourth-order valence-electron chi connectivity index (χ4n) is 1.84. The van der Waals surface area contributed by atoms with E-state index in [1.807, 2.05) is 32.0 Å². The molecule has 0 saturated carbocycles. The van der Waals surface area contributed by atoms with E-state index in [1.54, 1.807) is 6.20 Å². The molecule has 4 nitrogen and oxygen atoms in total. The number of ether oxygens (including phenoxy) is 1. The lowest BCUT2D eigenvalue weighted by atomic mass is 10.2. The van der Waals surface area contributed by atoms with E-state index in [-0.39, 0.29) is 0 Å². The van der Waals surface area contributed by atoms with Crippen molar-refractivity contribution in [3.05, 3.63) is 47.5 Å². The topological polar surface area (TPSA) is 47.0 Å². The smallest absolute Gasteiger partial charge is 0.142 e. The van der Waals surface area contributed by atoms with Crippen LogP contribution in [0.5, 0.6) is 5.75 Å². The molecule has 1 aromatic carbocycles. The predicted octanol–water partition coefficient (Wildman–Crippen LogP) is 3.10. The summed E-state index contributed by atoms with van der Waals surface area (Å²) in [5, 5.41) is 3.35. The van der Waals surface area contributed by atoms with E-state index in [2.05, 4.69) is 28.3 Å². The lowest BCUT2D eigenvalue weighted by Crippen LogP contribution is -2.05. The Kier molecular flexibility index (Phi) is 4.34. The molecule has 0 saturated heterocycles. The molecule has 0 spiro atoms. The molecule has 1 N–H and O–H groups in total. The molecule has 0 bridgehead atoms. The van der Waals surface area contributed by atoms with E-state index in [0.29, 0.717) is 13.2 Å². The molecule has 2 rings (SSSR count). The molecule has 4 heteroatoms. The van der Waals surface area contributed by atoms with Crippen molar-refractivity contribution >= 4 is 5.69 Å². The number of rotatable bonds is 5. The number of hydrogen-bond acceptors (Lipinski definition) is 4. The summed E-state index contributed by atoms with van der Waals surface area (Å²) in [5.41, 5.74) is 3.14. The number of anilines is 1. The van der Waals surface area contributed by atoms with Crippen LogP contribution < -0.4 is 10.1 Å². The Labute approximate surface area is 113 Å². The summed E-state index contributed by atoms with van der Waals surface area (Å²) >= 11 is 0. The maximum Gasteiger partial charge on any atom is 0.142 e. The van der Waals surface area contributed by atoms with Gasteiger partial charge in [-0.05, 0) is 44.5 Å². The Morgan fingerprint density at radius 3 is 2.79 bits per heavy atom. The van der Waals surface area contributed by atoms with Crippen molar-refractivity contribution in [2.45, 2.75) is 27.3 Å². The van der Waals surface area contributed by atoms with Gasteiger partial charge in [0.15, 0.2) is 0 Å². The normalized spacial score (nSPS) is 10.3. The Bertz CT molecular complexity index is 555. The van der Waals surface area contributed by atoms with Gasteiger partial charge in [0.2, 0.25) is 0 Å². The number of aryl methyl sites for hydroxylation is 2. The lowest BCUT2D eigenvalue weighted by molar-refractivity contribution is 0.341. The Hall–Kier alpha value is -2.10. The SMILES string of the molecule is CCOc1cc(C)ccc1NCc1ccnc(C)n1. The largest absolute Gasteiger partial charge is 0.492 e. The Morgan fingerprint density at radius 1 is 1.21 bits per heavy atom. The molecule has 0 radical (unpaired) electrons. The summed E-state index contributed by atoms with van der Waals surface area (Å²) < 4.78 is 5.63. The fraction of sp³-hybridized carbons (Fsp3) is 0.333. The predicted molar refractivity (Wildman–Crippen MR) is 76.4 cm³/mol. The van der Waals surface area contributed by atoms with Crippen LogP contribution in [0.4, 0.5) is 5.69 Å². The molecule has 0 fully saturated rings. The second-order valence-electron chi connectivity index (χ2n) is 4.38. The number of nitrogens with one attached hydrogen (secondary N) is 1. The van der Waals surface area contributed by atoms with Gasteiger partial charge in [-0.2, -0.15) is 0 Å². The monoisotopic (exact) mass is 257 g/mol. The van der Waals surface area contributed by atoms with E-state index in [4.69, 9.17) is 4.74 Å². The molecule has 0 aliphatic carbocycles. The minimum Gasteiger partial charge on any atom is -0.492 e. The molecular formula is C15H19N3O. The van der Waals surface area contributed by atoms with Gasteiger partial charge in [-0.25, -0.2) is 9.97 Å².